The third-order valence-electron chi connectivity index (χ3n) is 4.70. The number of rotatable bonds is 0. The van der Waals surface area contributed by atoms with Gasteiger partial charge in [-0.2, -0.15) is 10.3 Å². The average molecular weight is 342 g/mol. The van der Waals surface area contributed by atoms with E-state index in [1.165, 1.54) is 0 Å². The number of ether oxygens (including phenoxy) is 2. The van der Waals surface area contributed by atoms with E-state index in [1.54, 1.807) is 0 Å². The topological polar surface area (TPSA) is 54.6 Å². The molecule has 4 nitrogen and oxygen atoms in total. The molecule has 2 heterocycles. The maximum atomic E-state index is 9.11. The van der Waals surface area contributed by atoms with Gasteiger partial charge < -0.3 is 9.47 Å². The fourth-order valence-corrected chi connectivity index (χ4v) is 3.46. The van der Waals surface area contributed by atoms with Gasteiger partial charge in [-0.1, -0.05) is 30.0 Å². The van der Waals surface area contributed by atoms with Crippen LogP contribution in [0.25, 0.3) is 0 Å². The molecule has 2 aliphatic heterocycles. The van der Waals surface area contributed by atoms with Crippen LogP contribution in [0.1, 0.15) is 36.0 Å². The van der Waals surface area contributed by atoms with Crippen molar-refractivity contribution in [3.8, 4) is 23.8 Å². The summed E-state index contributed by atoms with van der Waals surface area (Å²) in [7, 11) is 0. The normalized spacial score (nSPS) is 22.7. The molecular formula is C22H18N2O2. The number of hydrogen-bond donors (Lipinski definition) is 0. The quantitative estimate of drug-likeness (QED) is 0.542. The Morgan fingerprint density at radius 1 is 1.04 bits per heavy atom. The molecule has 1 saturated heterocycles. The van der Waals surface area contributed by atoms with Crippen molar-refractivity contribution in [3.63, 3.8) is 0 Å². The Labute approximate surface area is 153 Å². The maximum absolute atomic E-state index is 9.11. The Hall–Kier alpha value is -3.08. The molecule has 1 spiro atoms. The second-order valence-electron chi connectivity index (χ2n) is 6.60. The Kier molecular flexibility index (Phi) is 4.44. The van der Waals surface area contributed by atoms with E-state index in [-0.39, 0.29) is 0 Å². The fourth-order valence-electron chi connectivity index (χ4n) is 3.46. The Bertz CT molecular complexity index is 940. The summed E-state index contributed by atoms with van der Waals surface area (Å²) in [6.45, 7) is 1.29. The van der Waals surface area contributed by atoms with E-state index in [9.17, 15) is 0 Å². The molecule has 2 aliphatic rings. The molecule has 2 aromatic carbocycles. The highest BCUT2D eigenvalue weighted by molar-refractivity contribution is 6.05. The van der Waals surface area contributed by atoms with E-state index in [0.717, 1.165) is 47.6 Å². The standard InChI is InChI=1S/C22H18N2O2/c23-16-24-20-14-22(11-4-12-25-15-22)26-21-10-9-18(13-19(20)21)8-7-17-5-2-1-3-6-17/h1-3,5-6,9-10,13H,4,11-12,14-15H2/b24-20+. The molecule has 1 fully saturated rings. The molecule has 4 rings (SSSR count). The van der Waals surface area contributed by atoms with Gasteiger partial charge in [-0.15, -0.1) is 0 Å². The first-order valence-corrected chi connectivity index (χ1v) is 8.72. The predicted molar refractivity (Wildman–Crippen MR) is 99.0 cm³/mol. The van der Waals surface area contributed by atoms with Gasteiger partial charge in [0.15, 0.2) is 0 Å². The lowest BCUT2D eigenvalue weighted by molar-refractivity contribution is -0.0661. The van der Waals surface area contributed by atoms with Gasteiger partial charge in [-0.25, -0.2) is 0 Å². The molecular weight excluding hydrogens is 324 g/mol. The summed E-state index contributed by atoms with van der Waals surface area (Å²) < 4.78 is 11.9. The van der Waals surface area contributed by atoms with Crippen LogP contribution in [0.15, 0.2) is 53.5 Å². The van der Waals surface area contributed by atoms with E-state index >= 15 is 0 Å². The van der Waals surface area contributed by atoms with Gasteiger partial charge in [-0.05, 0) is 43.2 Å². The zero-order valence-electron chi connectivity index (χ0n) is 14.4. The first kappa shape index (κ1) is 16.4. The van der Waals surface area contributed by atoms with Crippen LogP contribution in [0.3, 0.4) is 0 Å². The second-order valence-corrected chi connectivity index (χ2v) is 6.60. The molecule has 128 valence electrons. The summed E-state index contributed by atoms with van der Waals surface area (Å²) in [5.41, 5.74) is 3.03. The molecule has 0 N–H and O–H groups in total. The second kappa shape index (κ2) is 7.04. The molecule has 0 radical (unpaired) electrons. The van der Waals surface area contributed by atoms with E-state index < -0.39 is 5.60 Å². The summed E-state index contributed by atoms with van der Waals surface area (Å²) in [6.07, 6.45) is 4.38. The SMILES string of the molecule is N#C/N=C1\CC2(CCCOC2)Oc2ccc(C#Cc3ccccc3)cc21. The Balaban J connectivity index is 1.69. The minimum atomic E-state index is -0.405. The molecule has 1 unspecified atom stereocenters. The van der Waals surface area contributed by atoms with E-state index in [1.807, 2.05) is 54.7 Å². The molecule has 0 amide bonds. The first-order valence-electron chi connectivity index (χ1n) is 8.72. The zero-order valence-corrected chi connectivity index (χ0v) is 14.4. The number of nitriles is 1. The highest BCUT2D eigenvalue weighted by Gasteiger charge is 2.41. The van der Waals surface area contributed by atoms with Crippen molar-refractivity contribution < 1.29 is 9.47 Å². The van der Waals surface area contributed by atoms with Gasteiger partial charge in [0, 0.05) is 29.7 Å². The number of nitrogens with zero attached hydrogens (tertiary/aromatic N) is 2. The molecule has 4 heteroatoms. The maximum Gasteiger partial charge on any atom is 0.205 e. The summed E-state index contributed by atoms with van der Waals surface area (Å²) in [4.78, 5) is 4.07. The largest absolute Gasteiger partial charge is 0.484 e. The van der Waals surface area contributed by atoms with Gasteiger partial charge >= 0.3 is 0 Å². The van der Waals surface area contributed by atoms with E-state index in [2.05, 4.69) is 16.8 Å². The smallest absolute Gasteiger partial charge is 0.205 e. The van der Waals surface area contributed by atoms with Crippen molar-refractivity contribution in [3.05, 3.63) is 65.2 Å². The molecule has 0 bridgehead atoms. The van der Waals surface area contributed by atoms with Crippen LogP contribution in [-0.2, 0) is 4.74 Å². The summed E-state index contributed by atoms with van der Waals surface area (Å²) >= 11 is 0. The number of fused-ring (bicyclic) bond motifs is 1. The minimum Gasteiger partial charge on any atom is -0.484 e. The van der Waals surface area contributed by atoms with Gasteiger partial charge in [0.1, 0.15) is 11.4 Å². The molecule has 0 aliphatic carbocycles. The lowest BCUT2D eigenvalue weighted by Gasteiger charge is -2.41. The predicted octanol–water partition coefficient (Wildman–Crippen LogP) is 3.69. The minimum absolute atomic E-state index is 0.405. The Morgan fingerprint density at radius 2 is 1.88 bits per heavy atom. The monoisotopic (exact) mass is 342 g/mol. The van der Waals surface area contributed by atoms with Gasteiger partial charge in [0.05, 0.1) is 12.3 Å². The molecule has 2 aromatic rings. The van der Waals surface area contributed by atoms with Crippen LogP contribution in [0.5, 0.6) is 5.75 Å². The van der Waals surface area contributed by atoms with Crippen molar-refractivity contribution in [2.75, 3.05) is 13.2 Å². The fraction of sp³-hybridized carbons (Fsp3) is 0.273. The van der Waals surface area contributed by atoms with Crippen molar-refractivity contribution in [1.29, 1.82) is 5.26 Å². The Morgan fingerprint density at radius 3 is 2.65 bits per heavy atom. The summed E-state index contributed by atoms with van der Waals surface area (Å²) in [5.74, 6) is 7.08. The van der Waals surface area contributed by atoms with Crippen LogP contribution in [0.4, 0.5) is 0 Å². The van der Waals surface area contributed by atoms with Crippen molar-refractivity contribution in [2.45, 2.75) is 24.9 Å². The number of benzene rings is 2. The van der Waals surface area contributed by atoms with Crippen LogP contribution in [-0.4, -0.2) is 24.5 Å². The van der Waals surface area contributed by atoms with Crippen molar-refractivity contribution >= 4 is 5.71 Å². The average Bonchev–Trinajstić information content (AvgIpc) is 2.68. The molecule has 26 heavy (non-hydrogen) atoms. The van der Waals surface area contributed by atoms with Crippen LogP contribution < -0.4 is 4.74 Å². The van der Waals surface area contributed by atoms with Gasteiger partial charge in [0.25, 0.3) is 0 Å². The van der Waals surface area contributed by atoms with Crippen molar-refractivity contribution in [2.24, 2.45) is 4.99 Å². The summed E-state index contributed by atoms with van der Waals surface area (Å²) in [6, 6.07) is 15.7. The first-order chi connectivity index (χ1) is 12.8. The highest BCUT2D eigenvalue weighted by Crippen LogP contribution is 2.38. The number of hydrogen-bond acceptors (Lipinski definition) is 4. The lowest BCUT2D eigenvalue weighted by atomic mass is 9.85. The lowest BCUT2D eigenvalue weighted by Crippen LogP contribution is -2.48. The van der Waals surface area contributed by atoms with Gasteiger partial charge in [-0.3, -0.25) is 0 Å². The summed E-state index contributed by atoms with van der Waals surface area (Å²) in [5, 5.41) is 9.11. The van der Waals surface area contributed by atoms with Crippen LogP contribution >= 0.6 is 0 Å². The van der Waals surface area contributed by atoms with Crippen LogP contribution in [0.2, 0.25) is 0 Å². The third-order valence-corrected chi connectivity index (χ3v) is 4.70. The molecule has 0 saturated carbocycles. The van der Waals surface area contributed by atoms with Gasteiger partial charge in [0.2, 0.25) is 6.19 Å². The van der Waals surface area contributed by atoms with E-state index in [0.29, 0.717) is 13.0 Å². The zero-order chi connectivity index (χ0) is 17.8. The highest BCUT2D eigenvalue weighted by atomic mass is 16.5. The van der Waals surface area contributed by atoms with Crippen molar-refractivity contribution in [1.82, 2.24) is 0 Å². The van der Waals surface area contributed by atoms with Crippen LogP contribution in [0, 0.1) is 23.3 Å². The molecule has 1 atom stereocenters. The number of aliphatic imine (C=N–C) groups is 1. The van der Waals surface area contributed by atoms with E-state index in [4.69, 9.17) is 14.7 Å². The third kappa shape index (κ3) is 3.33. The molecule has 0 aromatic heterocycles.